The first kappa shape index (κ1) is 18.5. The number of carbonyl (C=O) groups is 1. The molecule has 0 saturated carbocycles. The summed E-state index contributed by atoms with van der Waals surface area (Å²) in [6.07, 6.45) is 1.09. The number of ether oxygens (including phenoxy) is 2. The predicted octanol–water partition coefficient (Wildman–Crippen LogP) is 3.76. The van der Waals surface area contributed by atoms with Gasteiger partial charge in [0.1, 0.15) is 5.75 Å². The Bertz CT molecular complexity index is 743. The molecule has 26 heavy (non-hydrogen) atoms. The van der Waals surface area contributed by atoms with Crippen LogP contribution >= 0.6 is 11.6 Å². The van der Waals surface area contributed by atoms with Gasteiger partial charge < -0.3 is 19.7 Å². The lowest BCUT2D eigenvalue weighted by Crippen LogP contribution is -2.36. The van der Waals surface area contributed by atoms with Crippen molar-refractivity contribution in [1.82, 2.24) is 0 Å². The predicted molar refractivity (Wildman–Crippen MR) is 104 cm³/mol. The van der Waals surface area contributed by atoms with Crippen LogP contribution in [0.2, 0.25) is 5.02 Å². The average Bonchev–Trinajstić information content (AvgIpc) is 2.67. The summed E-state index contributed by atoms with van der Waals surface area (Å²) in [6.45, 7) is 3.07. The zero-order chi connectivity index (χ0) is 18.4. The fourth-order valence-electron chi connectivity index (χ4n) is 2.92. The highest BCUT2D eigenvalue weighted by atomic mass is 35.5. The molecule has 1 N–H and O–H groups in total. The van der Waals surface area contributed by atoms with Crippen molar-refractivity contribution in [1.29, 1.82) is 0 Å². The van der Waals surface area contributed by atoms with Gasteiger partial charge in [0.25, 0.3) is 0 Å². The zero-order valence-electron chi connectivity index (χ0n) is 14.8. The van der Waals surface area contributed by atoms with Gasteiger partial charge >= 0.3 is 0 Å². The normalized spacial score (nSPS) is 14.2. The summed E-state index contributed by atoms with van der Waals surface area (Å²) in [4.78, 5) is 14.4. The molecule has 2 aromatic carbocycles. The average molecular weight is 375 g/mol. The van der Waals surface area contributed by atoms with Crippen LogP contribution < -0.4 is 15.0 Å². The van der Waals surface area contributed by atoms with Crippen molar-refractivity contribution < 1.29 is 14.3 Å². The number of hydrogen-bond acceptors (Lipinski definition) is 4. The van der Waals surface area contributed by atoms with Gasteiger partial charge in [0.2, 0.25) is 5.91 Å². The van der Waals surface area contributed by atoms with Crippen LogP contribution in [0.1, 0.15) is 12.0 Å². The Kier molecular flexibility index (Phi) is 6.36. The SMILES string of the molecule is COc1ccc(CCC(=O)Nc2ccc(N3CCOCC3)c(Cl)c2)cc1. The van der Waals surface area contributed by atoms with E-state index in [1.54, 1.807) is 13.2 Å². The van der Waals surface area contributed by atoms with Crippen LogP contribution in [0, 0.1) is 0 Å². The first-order valence-electron chi connectivity index (χ1n) is 8.71. The molecule has 3 rings (SSSR count). The van der Waals surface area contributed by atoms with E-state index in [4.69, 9.17) is 21.1 Å². The fourth-order valence-corrected chi connectivity index (χ4v) is 3.22. The number of nitrogens with one attached hydrogen (secondary N) is 1. The number of amides is 1. The molecule has 0 unspecified atom stereocenters. The van der Waals surface area contributed by atoms with E-state index in [1.165, 1.54) is 0 Å². The van der Waals surface area contributed by atoms with Gasteiger partial charge in [0.05, 0.1) is 31.0 Å². The quantitative estimate of drug-likeness (QED) is 0.836. The fraction of sp³-hybridized carbons (Fsp3) is 0.350. The maximum atomic E-state index is 12.2. The number of hydrogen-bond donors (Lipinski definition) is 1. The Hall–Kier alpha value is -2.24. The molecule has 0 aromatic heterocycles. The van der Waals surface area contributed by atoms with Crippen LogP contribution in [-0.2, 0) is 16.0 Å². The van der Waals surface area contributed by atoms with Crippen molar-refractivity contribution in [2.24, 2.45) is 0 Å². The number of carbonyl (C=O) groups excluding carboxylic acids is 1. The maximum absolute atomic E-state index is 12.2. The minimum Gasteiger partial charge on any atom is -0.497 e. The van der Waals surface area contributed by atoms with Gasteiger partial charge in [0, 0.05) is 25.2 Å². The summed E-state index contributed by atoms with van der Waals surface area (Å²) in [7, 11) is 1.64. The molecule has 1 saturated heterocycles. The van der Waals surface area contributed by atoms with E-state index >= 15 is 0 Å². The van der Waals surface area contributed by atoms with E-state index in [0.717, 1.165) is 30.1 Å². The van der Waals surface area contributed by atoms with Gasteiger partial charge in [-0.25, -0.2) is 0 Å². The number of benzene rings is 2. The molecule has 0 aliphatic carbocycles. The number of nitrogens with zero attached hydrogens (tertiary/aromatic N) is 1. The van der Waals surface area contributed by atoms with Crippen molar-refractivity contribution in [3.8, 4) is 5.75 Å². The third kappa shape index (κ3) is 4.90. The number of morpholine rings is 1. The Morgan fingerprint density at radius 2 is 1.92 bits per heavy atom. The summed E-state index contributed by atoms with van der Waals surface area (Å²) < 4.78 is 10.5. The first-order valence-corrected chi connectivity index (χ1v) is 9.08. The van der Waals surface area contributed by atoms with Gasteiger partial charge in [-0.15, -0.1) is 0 Å². The lowest BCUT2D eigenvalue weighted by atomic mass is 10.1. The maximum Gasteiger partial charge on any atom is 0.224 e. The Morgan fingerprint density at radius 1 is 1.19 bits per heavy atom. The Morgan fingerprint density at radius 3 is 2.58 bits per heavy atom. The first-order chi connectivity index (χ1) is 12.7. The van der Waals surface area contributed by atoms with Crippen LogP contribution in [0.15, 0.2) is 42.5 Å². The molecular weight excluding hydrogens is 352 g/mol. The third-order valence-electron chi connectivity index (χ3n) is 4.38. The lowest BCUT2D eigenvalue weighted by Gasteiger charge is -2.29. The van der Waals surface area contributed by atoms with E-state index in [9.17, 15) is 4.79 Å². The molecule has 1 aliphatic rings. The molecule has 0 atom stereocenters. The highest BCUT2D eigenvalue weighted by molar-refractivity contribution is 6.33. The molecule has 2 aromatic rings. The lowest BCUT2D eigenvalue weighted by molar-refractivity contribution is -0.116. The summed E-state index contributed by atoms with van der Waals surface area (Å²) in [5, 5.41) is 3.55. The molecule has 0 bridgehead atoms. The van der Waals surface area contributed by atoms with Crippen molar-refractivity contribution in [3.63, 3.8) is 0 Å². The van der Waals surface area contributed by atoms with Crippen LogP contribution in [0.5, 0.6) is 5.75 Å². The van der Waals surface area contributed by atoms with Gasteiger partial charge in [-0.1, -0.05) is 23.7 Å². The number of methoxy groups -OCH3 is 1. The number of anilines is 2. The molecule has 6 heteroatoms. The van der Waals surface area contributed by atoms with Crippen LogP contribution in [0.3, 0.4) is 0 Å². The van der Waals surface area contributed by atoms with Crippen LogP contribution in [-0.4, -0.2) is 39.3 Å². The van der Waals surface area contributed by atoms with E-state index in [-0.39, 0.29) is 5.91 Å². The molecule has 5 nitrogen and oxygen atoms in total. The molecule has 1 fully saturated rings. The van der Waals surface area contributed by atoms with E-state index < -0.39 is 0 Å². The minimum atomic E-state index is -0.0315. The van der Waals surface area contributed by atoms with Gasteiger partial charge in [-0.3, -0.25) is 4.79 Å². The number of rotatable bonds is 6. The largest absolute Gasteiger partial charge is 0.497 e. The van der Waals surface area contributed by atoms with E-state index in [2.05, 4.69) is 10.2 Å². The standard InChI is InChI=1S/C20H23ClN2O3/c1-25-17-6-2-15(3-7-17)4-9-20(24)22-16-5-8-19(18(21)14-16)23-10-12-26-13-11-23/h2-3,5-8,14H,4,9-13H2,1H3,(H,22,24). The molecule has 138 valence electrons. The second kappa shape index (κ2) is 8.92. The highest BCUT2D eigenvalue weighted by Gasteiger charge is 2.14. The van der Waals surface area contributed by atoms with Crippen molar-refractivity contribution in [2.75, 3.05) is 43.6 Å². The van der Waals surface area contributed by atoms with Crippen molar-refractivity contribution in [3.05, 3.63) is 53.1 Å². The smallest absolute Gasteiger partial charge is 0.224 e. The highest BCUT2D eigenvalue weighted by Crippen LogP contribution is 2.29. The molecule has 1 aliphatic heterocycles. The van der Waals surface area contributed by atoms with Crippen LogP contribution in [0.25, 0.3) is 0 Å². The molecule has 0 radical (unpaired) electrons. The summed E-state index contributed by atoms with van der Waals surface area (Å²) >= 11 is 6.40. The Balaban J connectivity index is 1.54. The van der Waals surface area contributed by atoms with E-state index in [1.807, 2.05) is 36.4 Å². The van der Waals surface area contributed by atoms with Gasteiger partial charge in [-0.2, -0.15) is 0 Å². The minimum absolute atomic E-state index is 0.0315. The second-order valence-electron chi connectivity index (χ2n) is 6.16. The number of halogens is 1. The molecular formula is C20H23ClN2O3. The number of aryl methyl sites for hydroxylation is 1. The van der Waals surface area contributed by atoms with Crippen LogP contribution in [0.4, 0.5) is 11.4 Å². The van der Waals surface area contributed by atoms with Crippen molar-refractivity contribution in [2.45, 2.75) is 12.8 Å². The van der Waals surface area contributed by atoms with Crippen molar-refractivity contribution >= 4 is 28.9 Å². The third-order valence-corrected chi connectivity index (χ3v) is 4.69. The van der Waals surface area contributed by atoms with E-state index in [0.29, 0.717) is 36.8 Å². The zero-order valence-corrected chi connectivity index (χ0v) is 15.6. The molecule has 0 spiro atoms. The summed E-state index contributed by atoms with van der Waals surface area (Å²) in [6, 6.07) is 13.4. The van der Waals surface area contributed by atoms with Gasteiger partial charge in [-0.05, 0) is 42.3 Å². The second-order valence-corrected chi connectivity index (χ2v) is 6.57. The van der Waals surface area contributed by atoms with Gasteiger partial charge in [0.15, 0.2) is 0 Å². The topological polar surface area (TPSA) is 50.8 Å². The molecule has 1 amide bonds. The molecule has 1 heterocycles. The summed E-state index contributed by atoms with van der Waals surface area (Å²) in [5.41, 5.74) is 2.79. The Labute approximate surface area is 158 Å². The monoisotopic (exact) mass is 374 g/mol. The summed E-state index contributed by atoms with van der Waals surface area (Å²) in [5.74, 6) is 0.782.